The molecule has 0 aromatic carbocycles. The summed E-state index contributed by atoms with van der Waals surface area (Å²) in [5.41, 5.74) is 0. The third-order valence-corrected chi connectivity index (χ3v) is 2.56. The molecule has 0 aliphatic heterocycles. The van der Waals surface area contributed by atoms with Gasteiger partial charge in [-0.2, -0.15) is 8.42 Å². The van der Waals surface area contributed by atoms with Crippen molar-refractivity contribution in [2.24, 2.45) is 0 Å². The third-order valence-electron chi connectivity index (χ3n) is 0.949. The number of rotatable bonds is 5. The van der Waals surface area contributed by atoms with Crippen LogP contribution in [0.3, 0.4) is 0 Å². The molecule has 0 saturated carbocycles. The van der Waals surface area contributed by atoms with Gasteiger partial charge < -0.3 is 4.52 Å². The van der Waals surface area contributed by atoms with Gasteiger partial charge in [0.1, 0.15) is 0 Å². The van der Waals surface area contributed by atoms with E-state index in [0.29, 0.717) is 0 Å². The first-order valence-electron chi connectivity index (χ1n) is 3.35. The summed E-state index contributed by atoms with van der Waals surface area (Å²) in [5, 5.41) is 0. The highest BCUT2D eigenvalue weighted by molar-refractivity contribution is 7.85. The van der Waals surface area contributed by atoms with E-state index in [-0.39, 0.29) is 18.8 Å². The van der Waals surface area contributed by atoms with Gasteiger partial charge in [-0.15, -0.1) is 0 Å². The number of hydrogen-bond acceptors (Lipinski definition) is 4. The molecule has 0 aliphatic carbocycles. The summed E-state index contributed by atoms with van der Waals surface area (Å²) >= 11 is 0. The van der Waals surface area contributed by atoms with E-state index in [0.717, 1.165) is 0 Å². The van der Waals surface area contributed by atoms with Crippen LogP contribution in [0.4, 0.5) is 0 Å². The molecule has 7 heteroatoms. The molecule has 5 nitrogen and oxygen atoms in total. The van der Waals surface area contributed by atoms with E-state index in [1.165, 1.54) is 13.3 Å². The van der Waals surface area contributed by atoms with Gasteiger partial charge in [-0.1, -0.05) is 0 Å². The minimum atomic E-state index is -3.91. The Bertz CT molecular complexity index is 264. The Morgan fingerprint density at radius 3 is 2.25 bits per heavy atom. The van der Waals surface area contributed by atoms with Gasteiger partial charge in [0, 0.05) is 13.3 Å². The van der Waals surface area contributed by atoms with Crippen LogP contribution in [0.1, 0.15) is 6.42 Å². The van der Waals surface area contributed by atoms with E-state index < -0.39 is 17.5 Å². The molecule has 12 heavy (non-hydrogen) atoms. The van der Waals surface area contributed by atoms with E-state index in [2.05, 4.69) is 0 Å². The predicted molar refractivity (Wildman–Crippen MR) is 46.4 cm³/mol. The molecule has 0 amide bonds. The van der Waals surface area contributed by atoms with Gasteiger partial charge in [-0.05, 0) is 6.42 Å². The molecule has 0 aromatic heterocycles. The van der Waals surface area contributed by atoms with Crippen molar-refractivity contribution in [2.45, 2.75) is 6.42 Å². The number of hydrogen-bond donors (Lipinski definition) is 1. The molecular formula is C5H13O5PS. The molecule has 0 heterocycles. The van der Waals surface area contributed by atoms with E-state index in [1.807, 2.05) is 0 Å². The van der Waals surface area contributed by atoms with Crippen molar-refractivity contribution in [3.63, 3.8) is 0 Å². The fourth-order valence-electron chi connectivity index (χ4n) is 0.526. The van der Waals surface area contributed by atoms with Crippen molar-refractivity contribution < 1.29 is 22.1 Å². The van der Waals surface area contributed by atoms with Gasteiger partial charge in [-0.3, -0.25) is 9.12 Å². The van der Waals surface area contributed by atoms with Crippen molar-refractivity contribution in [1.82, 2.24) is 0 Å². The van der Waals surface area contributed by atoms with Crippen LogP contribution in [0.2, 0.25) is 0 Å². The molecule has 1 N–H and O–H groups in total. The summed E-state index contributed by atoms with van der Waals surface area (Å²) in [6, 6.07) is 0. The first kappa shape index (κ1) is 12.1. The predicted octanol–water partition coefficient (Wildman–Crippen LogP) is 0.819. The van der Waals surface area contributed by atoms with Crippen molar-refractivity contribution in [3.8, 4) is 0 Å². The van der Waals surface area contributed by atoms with Crippen LogP contribution in [0.25, 0.3) is 0 Å². The van der Waals surface area contributed by atoms with Crippen LogP contribution in [0, 0.1) is 0 Å². The van der Waals surface area contributed by atoms with Crippen molar-refractivity contribution >= 4 is 17.5 Å². The maximum absolute atomic E-state index is 10.9. The maximum Gasteiger partial charge on any atom is 0.264 e. The molecule has 0 atom stereocenters. The Hall–Kier alpha value is 0.1000. The van der Waals surface area contributed by atoms with Crippen LogP contribution in [0.5, 0.6) is 0 Å². The molecule has 0 radical (unpaired) electrons. The molecular weight excluding hydrogens is 203 g/mol. The Morgan fingerprint density at radius 1 is 1.42 bits per heavy atom. The highest BCUT2D eigenvalue weighted by Gasteiger charge is 2.08. The topological polar surface area (TPSA) is 80.7 Å². The molecule has 0 bridgehead atoms. The van der Waals surface area contributed by atoms with Crippen LogP contribution >= 0.6 is 7.37 Å². The second-order valence-electron chi connectivity index (χ2n) is 2.72. The first-order chi connectivity index (χ1) is 5.21. The molecule has 0 saturated heterocycles. The smallest absolute Gasteiger partial charge is 0.264 e. The molecule has 0 spiro atoms. The summed E-state index contributed by atoms with van der Waals surface area (Å²) in [5.74, 6) is -0.354. The summed E-state index contributed by atoms with van der Waals surface area (Å²) in [6.45, 7) is 2.98. The van der Waals surface area contributed by atoms with Gasteiger partial charge in [0.2, 0.25) is 0 Å². The maximum atomic E-state index is 10.9. The molecule has 0 fully saturated rings. The van der Waals surface area contributed by atoms with Gasteiger partial charge >= 0.3 is 0 Å². The minimum Gasteiger partial charge on any atom is -0.329 e. The average Bonchev–Trinajstić information content (AvgIpc) is 1.76. The SMILES string of the molecule is CP(C)(=O)OCCCS(=O)(=O)O. The standard InChI is InChI=1S/C5H13O5PS/c1-11(2,6)10-4-3-5-12(7,8)9/h3-5H2,1-2H3,(H,7,8,9). The molecule has 0 aromatic rings. The third kappa shape index (κ3) is 10.1. The quantitative estimate of drug-likeness (QED) is 0.418. The van der Waals surface area contributed by atoms with Crippen molar-refractivity contribution in [2.75, 3.05) is 25.7 Å². The normalized spacial score (nSPS) is 13.2. The monoisotopic (exact) mass is 216 g/mol. The zero-order chi connectivity index (χ0) is 9.83. The highest BCUT2D eigenvalue weighted by atomic mass is 32.2. The van der Waals surface area contributed by atoms with Gasteiger partial charge in [0.25, 0.3) is 10.1 Å². The highest BCUT2D eigenvalue weighted by Crippen LogP contribution is 2.36. The van der Waals surface area contributed by atoms with Gasteiger partial charge in [-0.25, -0.2) is 0 Å². The molecule has 74 valence electrons. The first-order valence-corrected chi connectivity index (χ1v) is 7.48. The van der Waals surface area contributed by atoms with Crippen molar-refractivity contribution in [1.29, 1.82) is 0 Å². The summed E-state index contributed by atoms with van der Waals surface area (Å²) in [7, 11) is -6.44. The van der Waals surface area contributed by atoms with Crippen LogP contribution in [-0.4, -0.2) is 38.7 Å². The molecule has 0 unspecified atom stereocenters. The van der Waals surface area contributed by atoms with Crippen molar-refractivity contribution in [3.05, 3.63) is 0 Å². The lowest BCUT2D eigenvalue weighted by Crippen LogP contribution is -2.06. The fraction of sp³-hybridized carbons (Fsp3) is 1.00. The van der Waals surface area contributed by atoms with E-state index in [4.69, 9.17) is 9.08 Å². The van der Waals surface area contributed by atoms with Crippen LogP contribution in [0.15, 0.2) is 0 Å². The Kier molecular flexibility index (Phi) is 4.40. The molecule has 0 rings (SSSR count). The fourth-order valence-corrected chi connectivity index (χ4v) is 1.58. The zero-order valence-corrected chi connectivity index (χ0v) is 8.77. The van der Waals surface area contributed by atoms with E-state index in [1.54, 1.807) is 0 Å². The second kappa shape index (κ2) is 4.37. The second-order valence-corrected chi connectivity index (χ2v) is 7.06. The Morgan fingerprint density at radius 2 is 1.92 bits per heavy atom. The zero-order valence-electron chi connectivity index (χ0n) is 7.06. The lowest BCUT2D eigenvalue weighted by Gasteiger charge is -2.06. The largest absolute Gasteiger partial charge is 0.329 e. The van der Waals surface area contributed by atoms with Gasteiger partial charge in [0.15, 0.2) is 7.37 Å². The summed E-state index contributed by atoms with van der Waals surface area (Å²) in [4.78, 5) is 0. The Balaban J connectivity index is 3.55. The lowest BCUT2D eigenvalue weighted by molar-refractivity contribution is 0.319. The van der Waals surface area contributed by atoms with Crippen LogP contribution < -0.4 is 0 Å². The van der Waals surface area contributed by atoms with Gasteiger partial charge in [0.05, 0.1) is 12.4 Å². The van der Waals surface area contributed by atoms with Crippen LogP contribution in [-0.2, 0) is 19.2 Å². The minimum absolute atomic E-state index is 0.0874. The summed E-state index contributed by atoms with van der Waals surface area (Å²) < 4.78 is 44.4. The van der Waals surface area contributed by atoms with E-state index >= 15 is 0 Å². The lowest BCUT2D eigenvalue weighted by atomic mass is 10.5. The molecule has 0 aliphatic rings. The average molecular weight is 216 g/mol. The summed E-state index contributed by atoms with van der Waals surface area (Å²) in [6.07, 6.45) is 0.157. The Labute approximate surface area is 72.3 Å². The van der Waals surface area contributed by atoms with E-state index in [9.17, 15) is 13.0 Å².